The van der Waals surface area contributed by atoms with E-state index in [1.165, 1.54) is 6.07 Å². The normalized spacial score (nSPS) is 12.5. The van der Waals surface area contributed by atoms with Gasteiger partial charge in [-0.15, -0.1) is 0 Å². The Hall–Kier alpha value is -1.88. The van der Waals surface area contributed by atoms with Crippen LogP contribution in [0.1, 0.15) is 23.7 Å². The zero-order valence-corrected chi connectivity index (χ0v) is 12.3. The minimum absolute atomic E-state index is 0.00926. The first-order valence-electron chi connectivity index (χ1n) is 6.60. The predicted octanol–water partition coefficient (Wildman–Crippen LogP) is 2.86. The van der Waals surface area contributed by atoms with Gasteiger partial charge in [-0.25, -0.2) is 9.07 Å². The summed E-state index contributed by atoms with van der Waals surface area (Å²) >= 11 is 0. The predicted molar refractivity (Wildman–Crippen MR) is 76.5 cm³/mol. The van der Waals surface area contributed by atoms with E-state index in [1.807, 2.05) is 13.8 Å². The molecule has 2 N–H and O–H groups in total. The van der Waals surface area contributed by atoms with Crippen molar-refractivity contribution >= 4 is 0 Å². The molecule has 2 rings (SSSR count). The first-order valence-corrected chi connectivity index (χ1v) is 6.60. The van der Waals surface area contributed by atoms with E-state index in [0.29, 0.717) is 23.6 Å². The summed E-state index contributed by atoms with van der Waals surface area (Å²) in [7, 11) is 1.80. The molecule has 2 aromatic rings. The third-order valence-electron chi connectivity index (χ3n) is 3.17. The van der Waals surface area contributed by atoms with Crippen LogP contribution < -0.4 is 10.5 Å². The lowest BCUT2D eigenvalue weighted by Gasteiger charge is -2.11. The summed E-state index contributed by atoms with van der Waals surface area (Å²) in [5.41, 5.74) is 8.29. The van der Waals surface area contributed by atoms with Crippen LogP contribution in [0.5, 0.6) is 11.6 Å². The van der Waals surface area contributed by atoms with Crippen molar-refractivity contribution in [2.24, 2.45) is 12.8 Å². The van der Waals surface area contributed by atoms with Crippen molar-refractivity contribution in [1.29, 1.82) is 0 Å². The second-order valence-electron chi connectivity index (χ2n) is 5.19. The highest BCUT2D eigenvalue weighted by Crippen LogP contribution is 2.29. The topological polar surface area (TPSA) is 53.1 Å². The fourth-order valence-electron chi connectivity index (χ4n) is 2.11. The van der Waals surface area contributed by atoms with E-state index in [1.54, 1.807) is 30.8 Å². The van der Waals surface area contributed by atoms with Crippen molar-refractivity contribution in [1.82, 2.24) is 9.78 Å². The van der Waals surface area contributed by atoms with E-state index >= 15 is 0 Å². The number of hydrogen-bond donors (Lipinski definition) is 1. The van der Waals surface area contributed by atoms with Crippen molar-refractivity contribution in [3.8, 4) is 11.6 Å². The zero-order chi connectivity index (χ0) is 14.9. The molecule has 1 aromatic carbocycles. The lowest BCUT2D eigenvalue weighted by molar-refractivity contribution is 0.421. The summed E-state index contributed by atoms with van der Waals surface area (Å²) < 4.78 is 21.0. The van der Waals surface area contributed by atoms with Crippen LogP contribution in [0.2, 0.25) is 0 Å². The molecular weight excluding hydrogens is 257 g/mol. The van der Waals surface area contributed by atoms with Gasteiger partial charge in [0.2, 0.25) is 5.88 Å². The Balaban J connectivity index is 2.34. The molecule has 0 bridgehead atoms. The van der Waals surface area contributed by atoms with Crippen molar-refractivity contribution in [2.45, 2.75) is 33.2 Å². The van der Waals surface area contributed by atoms with Gasteiger partial charge in [-0.2, -0.15) is 5.10 Å². The number of aromatic nitrogens is 2. The van der Waals surface area contributed by atoms with Crippen LogP contribution in [-0.2, 0) is 13.5 Å². The molecule has 108 valence electrons. The van der Waals surface area contributed by atoms with Gasteiger partial charge in [0.05, 0.1) is 5.69 Å². The number of ether oxygens (including phenoxy) is 1. The van der Waals surface area contributed by atoms with Crippen molar-refractivity contribution < 1.29 is 9.13 Å². The van der Waals surface area contributed by atoms with E-state index in [4.69, 9.17) is 10.5 Å². The van der Waals surface area contributed by atoms with Crippen molar-refractivity contribution in [3.05, 3.63) is 40.8 Å². The SMILES string of the molecule is Cc1ccc(Oc2c(CC(C)N)c(C)nn2C)cc1F. The van der Waals surface area contributed by atoms with Crippen LogP contribution in [0.25, 0.3) is 0 Å². The Morgan fingerprint density at radius 3 is 2.70 bits per heavy atom. The van der Waals surface area contributed by atoms with Crippen molar-refractivity contribution in [3.63, 3.8) is 0 Å². The Labute approximate surface area is 118 Å². The second-order valence-corrected chi connectivity index (χ2v) is 5.19. The summed E-state index contributed by atoms with van der Waals surface area (Å²) in [6, 6.07) is 4.83. The van der Waals surface area contributed by atoms with Gasteiger partial charge in [-0.3, -0.25) is 0 Å². The number of benzene rings is 1. The number of aryl methyl sites for hydroxylation is 3. The van der Waals surface area contributed by atoms with Gasteiger partial charge in [-0.1, -0.05) is 6.07 Å². The van der Waals surface area contributed by atoms with Gasteiger partial charge in [0.15, 0.2) is 0 Å². The van der Waals surface area contributed by atoms with Gasteiger partial charge >= 0.3 is 0 Å². The maximum Gasteiger partial charge on any atom is 0.221 e. The smallest absolute Gasteiger partial charge is 0.221 e. The summed E-state index contributed by atoms with van der Waals surface area (Å²) in [5.74, 6) is 0.792. The molecule has 1 aromatic heterocycles. The maximum atomic E-state index is 13.6. The van der Waals surface area contributed by atoms with Crippen LogP contribution in [0, 0.1) is 19.7 Å². The molecule has 0 aliphatic rings. The molecule has 0 aliphatic carbocycles. The zero-order valence-electron chi connectivity index (χ0n) is 12.3. The maximum absolute atomic E-state index is 13.6. The molecule has 5 heteroatoms. The first-order chi connectivity index (χ1) is 9.38. The molecule has 0 saturated carbocycles. The Bertz CT molecular complexity index is 620. The first kappa shape index (κ1) is 14.5. The van der Waals surface area contributed by atoms with Gasteiger partial charge in [0.1, 0.15) is 11.6 Å². The highest BCUT2D eigenvalue weighted by atomic mass is 19.1. The van der Waals surface area contributed by atoms with E-state index in [0.717, 1.165) is 11.3 Å². The molecule has 0 amide bonds. The Morgan fingerprint density at radius 1 is 1.40 bits per heavy atom. The largest absolute Gasteiger partial charge is 0.439 e. The lowest BCUT2D eigenvalue weighted by atomic mass is 10.1. The molecule has 0 aliphatic heterocycles. The van der Waals surface area contributed by atoms with Gasteiger partial charge < -0.3 is 10.5 Å². The average Bonchev–Trinajstić information content (AvgIpc) is 2.60. The number of rotatable bonds is 4. The van der Waals surface area contributed by atoms with Gasteiger partial charge in [0, 0.05) is 24.7 Å². The molecule has 20 heavy (non-hydrogen) atoms. The van der Waals surface area contributed by atoms with E-state index in [2.05, 4.69) is 5.10 Å². The molecule has 0 radical (unpaired) electrons. The van der Waals surface area contributed by atoms with Gasteiger partial charge in [-0.05, 0) is 38.8 Å². The lowest BCUT2D eigenvalue weighted by Crippen LogP contribution is -2.18. The average molecular weight is 277 g/mol. The molecule has 0 spiro atoms. The van der Waals surface area contributed by atoms with Crippen LogP contribution in [-0.4, -0.2) is 15.8 Å². The number of hydrogen-bond acceptors (Lipinski definition) is 3. The second kappa shape index (κ2) is 5.63. The molecule has 4 nitrogen and oxygen atoms in total. The minimum Gasteiger partial charge on any atom is -0.439 e. The van der Waals surface area contributed by atoms with Crippen LogP contribution in [0.4, 0.5) is 4.39 Å². The standard InChI is InChI=1S/C15H20FN3O/c1-9-5-6-12(8-14(9)16)20-15-13(7-10(2)17)11(3)18-19(15)4/h5-6,8,10H,7,17H2,1-4H3. The summed E-state index contributed by atoms with van der Waals surface area (Å²) in [5, 5.41) is 4.34. The molecule has 1 unspecified atom stereocenters. The summed E-state index contributed by atoms with van der Waals surface area (Å²) in [6.07, 6.45) is 0.670. The fraction of sp³-hybridized carbons (Fsp3) is 0.400. The highest BCUT2D eigenvalue weighted by molar-refractivity contribution is 5.37. The number of halogens is 1. The summed E-state index contributed by atoms with van der Waals surface area (Å²) in [4.78, 5) is 0. The van der Waals surface area contributed by atoms with Gasteiger partial charge in [0.25, 0.3) is 0 Å². The quantitative estimate of drug-likeness (QED) is 0.935. The molecule has 0 saturated heterocycles. The van der Waals surface area contributed by atoms with E-state index in [-0.39, 0.29) is 11.9 Å². The fourth-order valence-corrected chi connectivity index (χ4v) is 2.11. The molecule has 0 fully saturated rings. The van der Waals surface area contributed by atoms with Crippen LogP contribution in [0.3, 0.4) is 0 Å². The van der Waals surface area contributed by atoms with Crippen LogP contribution in [0.15, 0.2) is 18.2 Å². The van der Waals surface area contributed by atoms with Crippen molar-refractivity contribution in [2.75, 3.05) is 0 Å². The Kier molecular flexibility index (Phi) is 4.09. The number of nitrogens with two attached hydrogens (primary N) is 1. The molecule has 1 atom stereocenters. The monoisotopic (exact) mass is 277 g/mol. The van der Waals surface area contributed by atoms with E-state index < -0.39 is 0 Å². The van der Waals surface area contributed by atoms with E-state index in [9.17, 15) is 4.39 Å². The molecule has 1 heterocycles. The third kappa shape index (κ3) is 2.99. The minimum atomic E-state index is -0.282. The third-order valence-corrected chi connectivity index (χ3v) is 3.17. The van der Waals surface area contributed by atoms with Crippen LogP contribution >= 0.6 is 0 Å². The number of nitrogens with zero attached hydrogens (tertiary/aromatic N) is 2. The summed E-state index contributed by atoms with van der Waals surface area (Å²) in [6.45, 7) is 5.57. The highest BCUT2D eigenvalue weighted by Gasteiger charge is 2.17. The Morgan fingerprint density at radius 2 is 2.10 bits per heavy atom. The molecular formula is C15H20FN3O.